The van der Waals surface area contributed by atoms with Crippen LogP contribution in [0.5, 0.6) is 11.6 Å². The van der Waals surface area contributed by atoms with Crippen LogP contribution in [0.4, 0.5) is 5.69 Å². The van der Waals surface area contributed by atoms with Gasteiger partial charge in [-0.25, -0.2) is 4.21 Å². The summed E-state index contributed by atoms with van der Waals surface area (Å²) in [6.07, 6.45) is 9.30. The van der Waals surface area contributed by atoms with Crippen molar-refractivity contribution in [1.29, 1.82) is 0 Å². The molecule has 4 aliphatic rings. The summed E-state index contributed by atoms with van der Waals surface area (Å²) in [5.74, 6) is -2.17. The van der Waals surface area contributed by atoms with Gasteiger partial charge in [0.1, 0.15) is 21.2 Å². The fourth-order valence-electron chi connectivity index (χ4n) is 8.95. The van der Waals surface area contributed by atoms with E-state index in [2.05, 4.69) is 25.1 Å². The number of carbonyl (C=O) groups excluding carboxylic acids is 3. The van der Waals surface area contributed by atoms with E-state index in [4.69, 9.17) is 25.8 Å². The van der Waals surface area contributed by atoms with Crippen LogP contribution in [0.25, 0.3) is 0 Å². The van der Waals surface area contributed by atoms with Crippen molar-refractivity contribution < 1.29 is 37.9 Å². The summed E-state index contributed by atoms with van der Waals surface area (Å²) in [6.45, 7) is 5.25. The normalized spacial score (nSPS) is 29.4. The smallest absolute Gasteiger partial charge is 0.309 e. The molecule has 2 aromatic carbocycles. The number of aliphatic hydroxyl groups is 1. The number of aromatic nitrogens is 2. The SMILES string of the molecule is CCOC(=O)CC1(O)/C=C/C[C@H](C)CS(=O)(NC(=O)c2cn(C)nc2OC)=NC(=O)c2ccc3c(c2)N(C[C@@H]2CC[C@H]21)C[C@@]1(CCCc2cc(Cl)ccc21)CO3. The third-order valence-corrected chi connectivity index (χ3v) is 13.9. The molecule has 7 rings (SSSR count). The first kappa shape index (κ1) is 39.8. The largest absolute Gasteiger partial charge is 0.490 e. The van der Waals surface area contributed by atoms with Crippen LogP contribution in [0.15, 0.2) is 59.1 Å². The minimum absolute atomic E-state index is 0.00291. The van der Waals surface area contributed by atoms with E-state index in [0.717, 1.165) is 25.7 Å². The van der Waals surface area contributed by atoms with Gasteiger partial charge in [-0.05, 0) is 105 Å². The molecule has 15 heteroatoms. The quantitative estimate of drug-likeness (QED) is 0.230. The number of nitrogens with zero attached hydrogens (tertiary/aromatic N) is 4. The maximum Gasteiger partial charge on any atom is 0.309 e. The number of methoxy groups -OCH3 is 1. The fraction of sp³-hybridized carbons (Fsp3) is 0.512. The van der Waals surface area contributed by atoms with Gasteiger partial charge in [-0.1, -0.05) is 36.7 Å². The molecule has 2 amide bonds. The van der Waals surface area contributed by atoms with Crippen LogP contribution < -0.4 is 19.1 Å². The summed E-state index contributed by atoms with van der Waals surface area (Å²) in [7, 11) is -0.738. The lowest BCUT2D eigenvalue weighted by Crippen LogP contribution is -2.53. The highest BCUT2D eigenvalue weighted by Crippen LogP contribution is 2.49. The summed E-state index contributed by atoms with van der Waals surface area (Å²) in [6, 6.07) is 11.1. The highest BCUT2D eigenvalue weighted by molar-refractivity contribution is 7.92. The average Bonchev–Trinajstić information content (AvgIpc) is 3.44. The predicted molar refractivity (Wildman–Crippen MR) is 213 cm³/mol. The molecule has 2 bridgehead atoms. The maximum absolute atomic E-state index is 14.7. The molecule has 2 N–H and O–H groups in total. The number of hydrogen-bond donors (Lipinski definition) is 2. The van der Waals surface area contributed by atoms with E-state index in [1.165, 1.54) is 29.1 Å². The Bertz CT molecular complexity index is 2180. The predicted octanol–water partition coefficient (Wildman–Crippen LogP) is 5.81. The van der Waals surface area contributed by atoms with Crippen molar-refractivity contribution in [3.63, 3.8) is 0 Å². The minimum atomic E-state index is -3.74. The topological polar surface area (TPSA) is 162 Å². The zero-order valence-electron chi connectivity index (χ0n) is 32.3. The highest BCUT2D eigenvalue weighted by Gasteiger charge is 2.49. The number of anilines is 1. The average molecular weight is 808 g/mol. The van der Waals surface area contributed by atoms with Crippen molar-refractivity contribution in [1.82, 2.24) is 14.5 Å². The molecule has 56 heavy (non-hydrogen) atoms. The van der Waals surface area contributed by atoms with Gasteiger partial charge >= 0.3 is 5.97 Å². The number of benzene rings is 2. The van der Waals surface area contributed by atoms with Gasteiger partial charge in [0.25, 0.3) is 11.8 Å². The number of hydrogen-bond acceptors (Lipinski definition) is 10. The Labute approximate surface area is 333 Å². The number of nitrogens with one attached hydrogen (secondary N) is 1. The van der Waals surface area contributed by atoms with E-state index in [-0.39, 0.29) is 53.5 Å². The zero-order chi connectivity index (χ0) is 39.8. The van der Waals surface area contributed by atoms with Crippen molar-refractivity contribution in [2.75, 3.05) is 44.1 Å². The molecule has 2 aliphatic heterocycles. The Morgan fingerprint density at radius 1 is 1.20 bits per heavy atom. The Hall–Kier alpha value is -4.40. The second-order valence-corrected chi connectivity index (χ2v) is 18.2. The Morgan fingerprint density at radius 2 is 2.02 bits per heavy atom. The first-order valence-corrected chi connectivity index (χ1v) is 21.3. The molecule has 1 spiro atoms. The monoisotopic (exact) mass is 807 g/mol. The maximum atomic E-state index is 14.7. The fourth-order valence-corrected chi connectivity index (χ4v) is 11.0. The Balaban J connectivity index is 1.33. The second-order valence-electron chi connectivity index (χ2n) is 15.8. The van der Waals surface area contributed by atoms with Gasteiger partial charge < -0.3 is 24.2 Å². The van der Waals surface area contributed by atoms with Crippen molar-refractivity contribution in [2.24, 2.45) is 29.2 Å². The van der Waals surface area contributed by atoms with E-state index >= 15 is 0 Å². The summed E-state index contributed by atoms with van der Waals surface area (Å²) in [5, 5.41) is 17.2. The van der Waals surface area contributed by atoms with E-state index in [0.29, 0.717) is 49.0 Å². The summed E-state index contributed by atoms with van der Waals surface area (Å²) >= 11 is 6.46. The van der Waals surface area contributed by atoms with Crippen LogP contribution in [-0.2, 0) is 38.3 Å². The molecule has 1 fully saturated rings. The lowest BCUT2D eigenvalue weighted by atomic mass is 9.63. The summed E-state index contributed by atoms with van der Waals surface area (Å²) in [4.78, 5) is 42.9. The number of ether oxygens (including phenoxy) is 3. The van der Waals surface area contributed by atoms with Crippen molar-refractivity contribution in [2.45, 2.75) is 69.8 Å². The van der Waals surface area contributed by atoms with Gasteiger partial charge in [0.2, 0.25) is 5.88 Å². The highest BCUT2D eigenvalue weighted by atomic mass is 35.5. The number of halogens is 1. The molecule has 3 aromatic rings. The first-order chi connectivity index (χ1) is 26.7. The van der Waals surface area contributed by atoms with Crippen molar-refractivity contribution in [3.8, 4) is 11.6 Å². The molecule has 3 heterocycles. The second kappa shape index (κ2) is 15.9. The van der Waals surface area contributed by atoms with E-state index in [1.54, 1.807) is 44.3 Å². The molecule has 2 aliphatic carbocycles. The number of rotatable bonds is 6. The van der Waals surface area contributed by atoms with E-state index < -0.39 is 38.7 Å². The van der Waals surface area contributed by atoms with E-state index in [9.17, 15) is 23.7 Å². The number of allylic oxidation sites excluding steroid dienone is 1. The molecular formula is C41H50ClN5O8S. The van der Waals surface area contributed by atoms with Crippen molar-refractivity contribution >= 4 is 45.0 Å². The van der Waals surface area contributed by atoms with Gasteiger partial charge in [-0.15, -0.1) is 9.46 Å². The zero-order valence-corrected chi connectivity index (χ0v) is 33.9. The number of amides is 2. The van der Waals surface area contributed by atoms with Gasteiger partial charge in [0.15, 0.2) is 0 Å². The lowest BCUT2D eigenvalue weighted by Gasteiger charge is -2.49. The van der Waals surface area contributed by atoms with E-state index in [1.807, 2.05) is 19.1 Å². The summed E-state index contributed by atoms with van der Waals surface area (Å²) in [5.41, 5.74) is 1.38. The Morgan fingerprint density at radius 3 is 2.77 bits per heavy atom. The standard InChI is InChI=1S/C41H50ClN5O8S/c1-5-54-36(48)20-41(51)17-6-8-26(2)23-56(52,45-38(50)31-22-46(3)43-39(31)53-4)44-37(49)28-11-15-35-34(19-28)47(21-29-10-13-33(29)41)24-40(25-55-35)16-7-9-27-18-30(42)12-14-32(27)40/h6,11-12,14-15,17-19,22,26,29,33,51H,5,7-10,13,16,20-21,23-25H2,1-4H3,(H,44,45,49,50,52)/b17-6+/t26-,29-,33+,40-,41?,56?/m0/s1. The molecule has 0 saturated heterocycles. The Kier molecular flexibility index (Phi) is 11.3. The van der Waals surface area contributed by atoms with Crippen LogP contribution >= 0.6 is 11.6 Å². The number of aryl methyl sites for hydroxylation is 2. The van der Waals surface area contributed by atoms with Crippen LogP contribution in [-0.4, -0.2) is 81.6 Å². The lowest BCUT2D eigenvalue weighted by molar-refractivity contribution is -0.151. The van der Waals surface area contributed by atoms with Gasteiger partial charge in [-0.2, -0.15) is 0 Å². The minimum Gasteiger partial charge on any atom is -0.490 e. The molecule has 2 unspecified atom stereocenters. The summed E-state index contributed by atoms with van der Waals surface area (Å²) < 4.78 is 40.1. The number of esters is 1. The third kappa shape index (κ3) is 8.05. The first-order valence-electron chi connectivity index (χ1n) is 19.3. The molecule has 300 valence electrons. The van der Waals surface area contributed by atoms with Crippen LogP contribution in [0.2, 0.25) is 5.02 Å². The van der Waals surface area contributed by atoms with Crippen LogP contribution in [0.1, 0.15) is 84.2 Å². The molecule has 1 aromatic heterocycles. The molecular weight excluding hydrogens is 758 g/mol. The van der Waals surface area contributed by atoms with Crippen molar-refractivity contribution in [3.05, 3.63) is 82.0 Å². The molecule has 0 radical (unpaired) electrons. The molecule has 6 atom stereocenters. The van der Waals surface area contributed by atoms with Gasteiger partial charge in [0, 0.05) is 42.3 Å². The number of fused-ring (bicyclic) bond motifs is 4. The van der Waals surface area contributed by atoms with Crippen LogP contribution in [0, 0.1) is 17.8 Å². The van der Waals surface area contributed by atoms with Crippen LogP contribution in [0.3, 0.4) is 0 Å². The molecule has 13 nitrogen and oxygen atoms in total. The third-order valence-electron chi connectivity index (χ3n) is 11.7. The number of carbonyl (C=O) groups is 3. The van der Waals surface area contributed by atoms with Gasteiger partial charge in [-0.3, -0.25) is 23.8 Å². The van der Waals surface area contributed by atoms with Gasteiger partial charge in [0.05, 0.1) is 43.8 Å². The molecule has 1 saturated carbocycles.